The molecule has 1 amide bonds. The lowest BCUT2D eigenvalue weighted by atomic mass is 10.2. The molecule has 2 aromatic heterocycles. The van der Waals surface area contributed by atoms with Gasteiger partial charge in [-0.1, -0.05) is 43.3 Å². The second kappa shape index (κ2) is 9.01. The first kappa shape index (κ1) is 19.4. The Hall–Kier alpha value is -2.38. The number of hydrogen-bond acceptors (Lipinski definition) is 5. The molecule has 0 aliphatic heterocycles. The van der Waals surface area contributed by atoms with Crippen LogP contribution in [0, 0.1) is 5.92 Å². The molecule has 140 valence electrons. The number of halogens is 1. The molecule has 0 fully saturated rings. The SMILES string of the molecule is CC(C)Cn1c(SCC(=O)Nc2cccc(Cl)c2)nnc1-c1ccncc1. The molecular formula is C19H20ClN5OS. The Morgan fingerprint density at radius 1 is 1.22 bits per heavy atom. The second-order valence-electron chi connectivity index (χ2n) is 6.39. The lowest BCUT2D eigenvalue weighted by molar-refractivity contribution is -0.113. The van der Waals surface area contributed by atoms with E-state index in [1.807, 2.05) is 12.1 Å². The summed E-state index contributed by atoms with van der Waals surface area (Å²) in [6, 6.07) is 10.9. The van der Waals surface area contributed by atoms with Crippen LogP contribution < -0.4 is 5.32 Å². The molecule has 3 aromatic rings. The number of nitrogens with zero attached hydrogens (tertiary/aromatic N) is 4. The van der Waals surface area contributed by atoms with Crippen LogP contribution in [0.4, 0.5) is 5.69 Å². The summed E-state index contributed by atoms with van der Waals surface area (Å²) in [5, 5.41) is 12.8. The van der Waals surface area contributed by atoms with Crippen molar-refractivity contribution in [3.8, 4) is 11.4 Å². The summed E-state index contributed by atoms with van der Waals surface area (Å²) in [5.74, 6) is 1.32. The highest BCUT2D eigenvalue weighted by molar-refractivity contribution is 7.99. The number of aromatic nitrogens is 4. The average molecular weight is 402 g/mol. The van der Waals surface area contributed by atoms with Crippen molar-refractivity contribution in [2.75, 3.05) is 11.1 Å². The Morgan fingerprint density at radius 3 is 2.70 bits per heavy atom. The summed E-state index contributed by atoms with van der Waals surface area (Å²) >= 11 is 7.31. The Morgan fingerprint density at radius 2 is 2.00 bits per heavy atom. The van der Waals surface area contributed by atoms with E-state index in [9.17, 15) is 4.79 Å². The summed E-state index contributed by atoms with van der Waals surface area (Å²) in [5.41, 5.74) is 1.63. The Labute approximate surface area is 167 Å². The van der Waals surface area contributed by atoms with Crippen molar-refractivity contribution in [3.63, 3.8) is 0 Å². The molecule has 0 bridgehead atoms. The van der Waals surface area contributed by atoms with E-state index in [4.69, 9.17) is 11.6 Å². The van der Waals surface area contributed by atoms with Gasteiger partial charge in [-0.05, 0) is 36.2 Å². The van der Waals surface area contributed by atoms with Gasteiger partial charge in [0.05, 0.1) is 5.75 Å². The van der Waals surface area contributed by atoms with Crippen LogP contribution in [0.5, 0.6) is 0 Å². The number of carbonyl (C=O) groups excluding carboxylic acids is 1. The Bertz CT molecular complexity index is 913. The first-order chi connectivity index (χ1) is 13.0. The Balaban J connectivity index is 1.72. The van der Waals surface area contributed by atoms with E-state index in [2.05, 4.69) is 38.9 Å². The maximum atomic E-state index is 12.3. The summed E-state index contributed by atoms with van der Waals surface area (Å²) in [4.78, 5) is 16.3. The first-order valence-electron chi connectivity index (χ1n) is 8.54. The molecule has 0 atom stereocenters. The quantitative estimate of drug-likeness (QED) is 0.595. The zero-order valence-corrected chi connectivity index (χ0v) is 16.7. The maximum absolute atomic E-state index is 12.3. The van der Waals surface area contributed by atoms with Crippen LogP contribution in [0.1, 0.15) is 13.8 Å². The Kier molecular flexibility index (Phi) is 6.47. The molecule has 0 aliphatic rings. The third-order valence-corrected chi connectivity index (χ3v) is 4.85. The van der Waals surface area contributed by atoms with Gasteiger partial charge in [0.1, 0.15) is 0 Å². The van der Waals surface area contributed by atoms with Gasteiger partial charge in [0.2, 0.25) is 5.91 Å². The predicted octanol–water partition coefficient (Wildman–Crippen LogP) is 4.38. The van der Waals surface area contributed by atoms with Crippen LogP contribution in [0.25, 0.3) is 11.4 Å². The van der Waals surface area contributed by atoms with Crippen LogP contribution in [-0.4, -0.2) is 31.4 Å². The zero-order chi connectivity index (χ0) is 19.2. The minimum atomic E-state index is -0.119. The summed E-state index contributed by atoms with van der Waals surface area (Å²) < 4.78 is 2.05. The molecule has 0 aliphatic carbocycles. The number of nitrogens with one attached hydrogen (secondary N) is 1. The first-order valence-corrected chi connectivity index (χ1v) is 9.91. The van der Waals surface area contributed by atoms with Gasteiger partial charge in [0.15, 0.2) is 11.0 Å². The van der Waals surface area contributed by atoms with E-state index in [-0.39, 0.29) is 11.7 Å². The highest BCUT2D eigenvalue weighted by Gasteiger charge is 2.16. The number of anilines is 1. The van der Waals surface area contributed by atoms with Crippen molar-refractivity contribution in [1.29, 1.82) is 0 Å². The van der Waals surface area contributed by atoms with E-state index in [0.717, 1.165) is 23.1 Å². The number of thioether (sulfide) groups is 1. The molecule has 8 heteroatoms. The van der Waals surface area contributed by atoms with Crippen molar-refractivity contribution in [1.82, 2.24) is 19.7 Å². The van der Waals surface area contributed by atoms with Crippen molar-refractivity contribution < 1.29 is 4.79 Å². The highest BCUT2D eigenvalue weighted by atomic mass is 35.5. The van der Waals surface area contributed by atoms with Crippen LogP contribution in [0.2, 0.25) is 5.02 Å². The fraction of sp³-hybridized carbons (Fsp3) is 0.263. The fourth-order valence-corrected chi connectivity index (χ4v) is 3.47. The zero-order valence-electron chi connectivity index (χ0n) is 15.1. The van der Waals surface area contributed by atoms with E-state index in [1.165, 1.54) is 11.8 Å². The summed E-state index contributed by atoms with van der Waals surface area (Å²) in [6.07, 6.45) is 3.46. The molecule has 1 N–H and O–H groups in total. The standard InChI is InChI=1S/C19H20ClN5OS/c1-13(2)11-25-18(14-6-8-21-9-7-14)23-24-19(25)27-12-17(26)22-16-5-3-4-15(20)10-16/h3-10,13H,11-12H2,1-2H3,(H,22,26). The molecule has 2 heterocycles. The lowest BCUT2D eigenvalue weighted by Crippen LogP contribution is -2.15. The molecule has 0 unspecified atom stereocenters. The molecule has 0 spiro atoms. The van der Waals surface area contributed by atoms with E-state index < -0.39 is 0 Å². The monoisotopic (exact) mass is 401 g/mol. The smallest absolute Gasteiger partial charge is 0.234 e. The maximum Gasteiger partial charge on any atom is 0.234 e. The molecule has 0 radical (unpaired) electrons. The number of benzene rings is 1. The van der Waals surface area contributed by atoms with Gasteiger partial charge in [0, 0.05) is 35.2 Å². The van der Waals surface area contributed by atoms with Crippen LogP contribution >= 0.6 is 23.4 Å². The van der Waals surface area contributed by atoms with Gasteiger partial charge < -0.3 is 9.88 Å². The minimum absolute atomic E-state index is 0.119. The predicted molar refractivity (Wildman–Crippen MR) is 109 cm³/mol. The minimum Gasteiger partial charge on any atom is -0.325 e. The molecule has 3 rings (SSSR count). The van der Waals surface area contributed by atoms with Gasteiger partial charge >= 0.3 is 0 Å². The van der Waals surface area contributed by atoms with Crippen molar-refractivity contribution >= 4 is 35.0 Å². The van der Waals surface area contributed by atoms with Gasteiger partial charge in [-0.3, -0.25) is 9.78 Å². The normalized spacial score (nSPS) is 11.0. The average Bonchev–Trinajstić information content (AvgIpc) is 3.02. The van der Waals surface area contributed by atoms with Crippen LogP contribution in [0.3, 0.4) is 0 Å². The topological polar surface area (TPSA) is 72.7 Å². The fourth-order valence-electron chi connectivity index (χ4n) is 2.53. The van der Waals surface area contributed by atoms with Crippen LogP contribution in [0.15, 0.2) is 53.9 Å². The molecule has 1 aromatic carbocycles. The van der Waals surface area contributed by atoms with Gasteiger partial charge in [-0.2, -0.15) is 0 Å². The van der Waals surface area contributed by atoms with Crippen molar-refractivity contribution in [2.24, 2.45) is 5.92 Å². The largest absolute Gasteiger partial charge is 0.325 e. The van der Waals surface area contributed by atoms with Crippen molar-refractivity contribution in [3.05, 3.63) is 53.8 Å². The third-order valence-electron chi connectivity index (χ3n) is 3.64. The van der Waals surface area contributed by atoms with E-state index >= 15 is 0 Å². The summed E-state index contributed by atoms with van der Waals surface area (Å²) in [7, 11) is 0. The third kappa shape index (κ3) is 5.30. The number of pyridine rings is 1. The van der Waals surface area contributed by atoms with Gasteiger partial charge in [-0.25, -0.2) is 0 Å². The van der Waals surface area contributed by atoms with E-state index in [1.54, 1.807) is 36.7 Å². The number of amides is 1. The van der Waals surface area contributed by atoms with Crippen LogP contribution in [-0.2, 0) is 11.3 Å². The molecule has 0 saturated heterocycles. The summed E-state index contributed by atoms with van der Waals surface area (Å²) in [6.45, 7) is 5.04. The number of rotatable bonds is 7. The molecular weight excluding hydrogens is 382 g/mol. The number of carbonyl (C=O) groups is 1. The van der Waals surface area contributed by atoms with Gasteiger partial charge in [-0.15, -0.1) is 10.2 Å². The highest BCUT2D eigenvalue weighted by Crippen LogP contribution is 2.25. The van der Waals surface area contributed by atoms with Gasteiger partial charge in [0.25, 0.3) is 0 Å². The second-order valence-corrected chi connectivity index (χ2v) is 7.77. The molecule has 27 heavy (non-hydrogen) atoms. The number of hydrogen-bond donors (Lipinski definition) is 1. The molecule has 0 saturated carbocycles. The lowest BCUT2D eigenvalue weighted by Gasteiger charge is -2.12. The van der Waals surface area contributed by atoms with E-state index in [0.29, 0.717) is 16.6 Å². The van der Waals surface area contributed by atoms with Crippen molar-refractivity contribution in [2.45, 2.75) is 25.5 Å². The molecule has 6 nitrogen and oxygen atoms in total.